The summed E-state index contributed by atoms with van der Waals surface area (Å²) in [4.78, 5) is 28.5. The molecule has 0 spiro atoms. The van der Waals surface area contributed by atoms with Gasteiger partial charge < -0.3 is 14.5 Å². The van der Waals surface area contributed by atoms with Crippen LogP contribution in [-0.4, -0.2) is 53.9 Å². The molecule has 5 nitrogen and oxygen atoms in total. The number of rotatable bonds is 4. The Morgan fingerprint density at radius 1 is 1.23 bits per heavy atom. The SMILES string of the molecule is C[C@H]1Cc2cc(C(=O)N3CCC(CCN4CCCC4=O)CC3)ccc2O1. The van der Waals surface area contributed by atoms with E-state index in [4.69, 9.17) is 4.74 Å². The molecule has 1 atom stereocenters. The second-order valence-corrected chi connectivity index (χ2v) is 7.96. The highest BCUT2D eigenvalue weighted by atomic mass is 16.5. The second kappa shape index (κ2) is 7.29. The number of carbonyl (C=O) groups excluding carboxylic acids is 2. The molecular formula is C21H28N2O3. The first-order valence-corrected chi connectivity index (χ1v) is 9.97. The summed E-state index contributed by atoms with van der Waals surface area (Å²) in [7, 11) is 0. The molecular weight excluding hydrogens is 328 g/mol. The monoisotopic (exact) mass is 356 g/mol. The Kier molecular flexibility index (Phi) is 4.88. The van der Waals surface area contributed by atoms with E-state index in [1.54, 1.807) is 0 Å². The quantitative estimate of drug-likeness (QED) is 0.833. The van der Waals surface area contributed by atoms with Crippen molar-refractivity contribution in [3.05, 3.63) is 29.3 Å². The fourth-order valence-corrected chi connectivity index (χ4v) is 4.44. The van der Waals surface area contributed by atoms with E-state index in [2.05, 4.69) is 6.92 Å². The van der Waals surface area contributed by atoms with Crippen molar-refractivity contribution in [2.45, 2.75) is 51.6 Å². The topological polar surface area (TPSA) is 49.9 Å². The van der Waals surface area contributed by atoms with Crippen LogP contribution in [0, 0.1) is 5.92 Å². The minimum absolute atomic E-state index is 0.139. The molecule has 2 fully saturated rings. The molecule has 1 aromatic carbocycles. The lowest BCUT2D eigenvalue weighted by Gasteiger charge is -2.33. The van der Waals surface area contributed by atoms with Crippen LogP contribution in [0.2, 0.25) is 0 Å². The standard InChI is InChI=1S/C21H28N2O3/c1-15-13-18-14-17(4-5-19(18)26-15)21(25)23-11-7-16(8-12-23)6-10-22-9-2-3-20(22)24/h4-5,14-16H,2-3,6-13H2,1H3/t15-/m0/s1. The van der Waals surface area contributed by atoms with E-state index in [9.17, 15) is 9.59 Å². The van der Waals surface area contributed by atoms with Gasteiger partial charge in [-0.25, -0.2) is 0 Å². The zero-order chi connectivity index (χ0) is 18.1. The number of amides is 2. The third-order valence-electron chi connectivity index (χ3n) is 6.02. The van der Waals surface area contributed by atoms with Crippen molar-refractivity contribution in [1.29, 1.82) is 0 Å². The van der Waals surface area contributed by atoms with E-state index in [1.807, 2.05) is 28.0 Å². The maximum Gasteiger partial charge on any atom is 0.253 e. The molecule has 1 aromatic rings. The molecule has 0 saturated carbocycles. The Labute approximate surface area is 155 Å². The molecule has 3 aliphatic rings. The van der Waals surface area contributed by atoms with Crippen LogP contribution >= 0.6 is 0 Å². The molecule has 0 unspecified atom stereocenters. The molecule has 26 heavy (non-hydrogen) atoms. The molecule has 3 heterocycles. The highest BCUT2D eigenvalue weighted by Gasteiger charge is 2.27. The van der Waals surface area contributed by atoms with Crippen molar-refractivity contribution >= 4 is 11.8 Å². The zero-order valence-electron chi connectivity index (χ0n) is 15.6. The molecule has 4 rings (SSSR count). The molecule has 0 radical (unpaired) electrons. The van der Waals surface area contributed by atoms with Crippen LogP contribution < -0.4 is 4.74 Å². The summed E-state index contributed by atoms with van der Waals surface area (Å²) in [6, 6.07) is 5.84. The molecule has 0 N–H and O–H groups in total. The summed E-state index contributed by atoms with van der Waals surface area (Å²) in [6.07, 6.45) is 5.97. The van der Waals surface area contributed by atoms with Crippen LogP contribution in [0.1, 0.15) is 54.9 Å². The van der Waals surface area contributed by atoms with Crippen LogP contribution in [0.25, 0.3) is 0 Å². The molecule has 140 valence electrons. The maximum atomic E-state index is 12.8. The fraction of sp³-hybridized carbons (Fsp3) is 0.619. The van der Waals surface area contributed by atoms with Crippen molar-refractivity contribution in [3.63, 3.8) is 0 Å². The van der Waals surface area contributed by atoms with Gasteiger partial charge in [0.05, 0.1) is 0 Å². The van der Waals surface area contributed by atoms with Crippen LogP contribution in [0.15, 0.2) is 18.2 Å². The first kappa shape index (κ1) is 17.4. The van der Waals surface area contributed by atoms with Gasteiger partial charge in [-0.1, -0.05) is 0 Å². The zero-order valence-corrected chi connectivity index (χ0v) is 15.6. The number of carbonyl (C=O) groups is 2. The molecule has 5 heteroatoms. The Morgan fingerprint density at radius 2 is 2.04 bits per heavy atom. The number of fused-ring (bicyclic) bond motifs is 1. The van der Waals surface area contributed by atoms with Gasteiger partial charge in [-0.3, -0.25) is 9.59 Å². The van der Waals surface area contributed by atoms with Crippen molar-refractivity contribution in [3.8, 4) is 5.75 Å². The Balaban J connectivity index is 1.28. The molecule has 0 aromatic heterocycles. The first-order valence-electron chi connectivity index (χ1n) is 9.97. The largest absolute Gasteiger partial charge is 0.490 e. The smallest absolute Gasteiger partial charge is 0.253 e. The van der Waals surface area contributed by atoms with Crippen LogP contribution in [0.3, 0.4) is 0 Å². The summed E-state index contributed by atoms with van der Waals surface area (Å²) in [6.45, 7) is 5.52. The Hall–Kier alpha value is -2.04. The average molecular weight is 356 g/mol. The fourth-order valence-electron chi connectivity index (χ4n) is 4.44. The van der Waals surface area contributed by atoms with Gasteiger partial charge >= 0.3 is 0 Å². The summed E-state index contributed by atoms with van der Waals surface area (Å²) in [5, 5.41) is 0. The Morgan fingerprint density at radius 3 is 2.77 bits per heavy atom. The lowest BCUT2D eigenvalue weighted by Crippen LogP contribution is -2.39. The van der Waals surface area contributed by atoms with Crippen LogP contribution in [0.4, 0.5) is 0 Å². The highest BCUT2D eigenvalue weighted by molar-refractivity contribution is 5.94. The minimum Gasteiger partial charge on any atom is -0.490 e. The summed E-state index contributed by atoms with van der Waals surface area (Å²) >= 11 is 0. The van der Waals surface area contributed by atoms with E-state index in [-0.39, 0.29) is 12.0 Å². The third kappa shape index (κ3) is 3.57. The van der Waals surface area contributed by atoms with Crippen LogP contribution in [0.5, 0.6) is 5.75 Å². The summed E-state index contributed by atoms with van der Waals surface area (Å²) in [5.74, 6) is 2.00. The van der Waals surface area contributed by atoms with Gasteiger partial charge in [0, 0.05) is 44.6 Å². The first-order chi connectivity index (χ1) is 12.6. The highest BCUT2D eigenvalue weighted by Crippen LogP contribution is 2.30. The number of hydrogen-bond donors (Lipinski definition) is 0. The number of hydrogen-bond acceptors (Lipinski definition) is 3. The lowest BCUT2D eigenvalue weighted by atomic mass is 9.93. The number of ether oxygens (including phenoxy) is 1. The molecule has 2 saturated heterocycles. The van der Waals surface area contributed by atoms with E-state index in [0.717, 1.165) is 81.6 Å². The predicted molar refractivity (Wildman–Crippen MR) is 99.3 cm³/mol. The number of likely N-dealkylation sites (tertiary alicyclic amines) is 2. The molecule has 0 aliphatic carbocycles. The number of nitrogens with zero attached hydrogens (tertiary/aromatic N) is 2. The number of piperidine rings is 1. The Bertz CT molecular complexity index is 694. The van der Waals surface area contributed by atoms with E-state index < -0.39 is 0 Å². The van der Waals surface area contributed by atoms with Gasteiger partial charge in [0.1, 0.15) is 11.9 Å². The van der Waals surface area contributed by atoms with Crippen molar-refractivity contribution in [2.75, 3.05) is 26.2 Å². The minimum atomic E-state index is 0.139. The third-order valence-corrected chi connectivity index (χ3v) is 6.02. The normalized spacial score (nSPS) is 23.3. The average Bonchev–Trinajstić information content (AvgIpc) is 3.23. The van der Waals surface area contributed by atoms with Crippen molar-refractivity contribution in [1.82, 2.24) is 9.80 Å². The number of benzene rings is 1. The predicted octanol–water partition coefficient (Wildman–Crippen LogP) is 2.87. The maximum absolute atomic E-state index is 12.8. The summed E-state index contributed by atoms with van der Waals surface area (Å²) < 4.78 is 5.72. The van der Waals surface area contributed by atoms with Gasteiger partial charge in [0.2, 0.25) is 5.91 Å². The van der Waals surface area contributed by atoms with Gasteiger partial charge in [-0.2, -0.15) is 0 Å². The van der Waals surface area contributed by atoms with Gasteiger partial charge in [0.25, 0.3) is 5.91 Å². The van der Waals surface area contributed by atoms with E-state index in [0.29, 0.717) is 11.8 Å². The molecule has 2 amide bonds. The van der Waals surface area contributed by atoms with Gasteiger partial charge in [0.15, 0.2) is 0 Å². The van der Waals surface area contributed by atoms with E-state index >= 15 is 0 Å². The van der Waals surface area contributed by atoms with Crippen molar-refractivity contribution < 1.29 is 14.3 Å². The lowest BCUT2D eigenvalue weighted by molar-refractivity contribution is -0.127. The van der Waals surface area contributed by atoms with Gasteiger partial charge in [-0.15, -0.1) is 0 Å². The molecule has 3 aliphatic heterocycles. The van der Waals surface area contributed by atoms with E-state index in [1.165, 1.54) is 0 Å². The summed E-state index contributed by atoms with van der Waals surface area (Å²) in [5.41, 5.74) is 1.93. The van der Waals surface area contributed by atoms with Crippen LogP contribution in [-0.2, 0) is 11.2 Å². The second-order valence-electron chi connectivity index (χ2n) is 7.96. The van der Waals surface area contributed by atoms with Gasteiger partial charge in [-0.05, 0) is 62.3 Å². The molecule has 0 bridgehead atoms. The van der Waals surface area contributed by atoms with Crippen molar-refractivity contribution in [2.24, 2.45) is 5.92 Å².